The third-order valence-electron chi connectivity index (χ3n) is 13.1. The summed E-state index contributed by atoms with van der Waals surface area (Å²) in [6.07, 6.45) is 98.6. The molecule has 0 amide bonds. The lowest BCUT2D eigenvalue weighted by atomic mass is 10.0. The number of unbranched alkanes of at least 4 members (excludes halogenated alkanes) is 18. The molecular formula is C73H118NO8P. The van der Waals surface area contributed by atoms with E-state index in [1.54, 1.807) is 0 Å². The first-order valence-electron chi connectivity index (χ1n) is 32.6. The Morgan fingerprint density at radius 3 is 0.952 bits per heavy atom. The van der Waals surface area contributed by atoms with Crippen molar-refractivity contribution in [1.82, 2.24) is 0 Å². The second kappa shape index (κ2) is 66.5. The van der Waals surface area contributed by atoms with Crippen molar-refractivity contribution in [2.45, 2.75) is 251 Å². The first-order valence-corrected chi connectivity index (χ1v) is 34.1. The lowest BCUT2D eigenvalue weighted by molar-refractivity contribution is -0.161. The molecular weight excluding hydrogens is 1050 g/mol. The van der Waals surface area contributed by atoms with E-state index in [2.05, 4.69) is 184 Å². The van der Waals surface area contributed by atoms with Crippen LogP contribution in [0.25, 0.3) is 0 Å². The molecule has 0 aliphatic rings. The molecule has 2 atom stereocenters. The van der Waals surface area contributed by atoms with Gasteiger partial charge in [-0.25, -0.2) is 4.57 Å². The SMILES string of the molecule is CC/C=C\C/C=C\C/C=C\C/C=C\C/C=C\C/C=C\C/C=C\C/C=C\CCCCC(=O)OC(COC(=O)CCCCCCCCCCCCCCCCCC/C=C\C/C=C\C/C=C\C/C=C\C/C=C\C/C=C\CC)COP(=O)(O)OCCN. The van der Waals surface area contributed by atoms with Crippen LogP contribution in [0.3, 0.4) is 0 Å². The van der Waals surface area contributed by atoms with E-state index in [0.29, 0.717) is 6.42 Å². The minimum absolute atomic E-state index is 0.0377. The maximum atomic E-state index is 12.7. The van der Waals surface area contributed by atoms with E-state index < -0.39 is 32.5 Å². The van der Waals surface area contributed by atoms with Crippen molar-refractivity contribution in [2.75, 3.05) is 26.4 Å². The van der Waals surface area contributed by atoms with Crippen molar-refractivity contribution in [3.05, 3.63) is 170 Å². The number of hydrogen-bond acceptors (Lipinski definition) is 8. The first kappa shape index (κ1) is 78.4. The summed E-state index contributed by atoms with van der Waals surface area (Å²) in [5.41, 5.74) is 5.39. The quantitative estimate of drug-likeness (QED) is 0.0264. The van der Waals surface area contributed by atoms with Gasteiger partial charge >= 0.3 is 19.8 Å². The molecule has 0 radical (unpaired) electrons. The Labute approximate surface area is 508 Å². The number of nitrogens with two attached hydrogens (primary N) is 1. The smallest absolute Gasteiger partial charge is 0.462 e. The van der Waals surface area contributed by atoms with Crippen molar-refractivity contribution in [3.63, 3.8) is 0 Å². The summed E-state index contributed by atoms with van der Waals surface area (Å²) in [5, 5.41) is 0. The molecule has 0 fully saturated rings. The molecule has 0 bridgehead atoms. The molecule has 0 saturated carbocycles. The van der Waals surface area contributed by atoms with Gasteiger partial charge in [0.1, 0.15) is 6.61 Å². The topological polar surface area (TPSA) is 134 Å². The molecule has 0 heterocycles. The molecule has 468 valence electrons. The van der Waals surface area contributed by atoms with Crippen LogP contribution in [-0.2, 0) is 32.7 Å². The molecule has 0 aliphatic heterocycles. The molecule has 3 N–H and O–H groups in total. The summed E-state index contributed by atoms with van der Waals surface area (Å²) < 4.78 is 33.1. The lowest BCUT2D eigenvalue weighted by Gasteiger charge is -2.19. The predicted octanol–water partition coefficient (Wildman–Crippen LogP) is 21.4. The number of esters is 2. The fourth-order valence-electron chi connectivity index (χ4n) is 8.36. The van der Waals surface area contributed by atoms with Gasteiger partial charge in [0, 0.05) is 19.4 Å². The van der Waals surface area contributed by atoms with Crippen LogP contribution < -0.4 is 5.73 Å². The number of phosphoric ester groups is 1. The molecule has 9 nitrogen and oxygen atoms in total. The zero-order valence-electron chi connectivity index (χ0n) is 52.4. The normalized spacial score (nSPS) is 14.1. The first-order chi connectivity index (χ1) is 40.8. The fourth-order valence-corrected chi connectivity index (χ4v) is 9.13. The summed E-state index contributed by atoms with van der Waals surface area (Å²) in [5.74, 6) is -0.887. The molecule has 2 unspecified atom stereocenters. The minimum Gasteiger partial charge on any atom is -0.462 e. The summed E-state index contributed by atoms with van der Waals surface area (Å²) in [4.78, 5) is 35.3. The summed E-state index contributed by atoms with van der Waals surface area (Å²) in [7, 11) is -4.42. The Kier molecular flexibility index (Phi) is 62.8. The predicted molar refractivity (Wildman–Crippen MR) is 357 cm³/mol. The zero-order chi connectivity index (χ0) is 60.1. The van der Waals surface area contributed by atoms with E-state index >= 15 is 0 Å². The van der Waals surface area contributed by atoms with E-state index in [4.69, 9.17) is 24.3 Å². The van der Waals surface area contributed by atoms with Crippen LogP contribution in [-0.4, -0.2) is 49.3 Å². The Balaban J connectivity index is 4.01. The molecule has 0 aromatic rings. The van der Waals surface area contributed by atoms with Crippen LogP contribution in [0.4, 0.5) is 0 Å². The second-order valence-corrected chi connectivity index (χ2v) is 22.3. The molecule has 83 heavy (non-hydrogen) atoms. The van der Waals surface area contributed by atoms with E-state index in [1.807, 2.05) is 0 Å². The molecule has 10 heteroatoms. The number of ether oxygens (including phenoxy) is 2. The number of rotatable bonds is 59. The highest BCUT2D eigenvalue weighted by Gasteiger charge is 2.26. The van der Waals surface area contributed by atoms with Crippen molar-refractivity contribution in [3.8, 4) is 0 Å². The molecule has 0 spiro atoms. The third-order valence-corrected chi connectivity index (χ3v) is 14.1. The third kappa shape index (κ3) is 66.4. The standard InChI is InChI=1S/C73H118NO8P/c1-3-5-7-9-11-13-15-17-19-21-23-25-27-29-31-32-33-34-35-36-37-38-40-41-43-45-47-49-51-53-55-57-59-61-63-65-72(75)79-69-71(70-81-83(77,78)80-68-67-74)82-73(76)66-64-62-60-58-56-54-52-50-48-46-44-42-39-30-28-26-24-22-20-18-16-14-12-10-8-6-4-2/h5-8,11-14,17-20,23-26,29-31,33-34,39,44,46,50,52,56,58,71H,3-4,9-10,15-16,21-22,27-28,32,35-38,40-43,45,47-49,51,53-55,57,59-70,74H2,1-2H3,(H,77,78)/b7-5-,8-6-,13-11-,14-12-,19-17-,20-18-,25-23-,26-24-,31-29-,34-33-,39-30-,46-44-,52-50-,58-56-. The van der Waals surface area contributed by atoms with Gasteiger partial charge in [0.15, 0.2) is 6.10 Å². The van der Waals surface area contributed by atoms with Crippen molar-refractivity contribution in [2.24, 2.45) is 5.73 Å². The fraction of sp³-hybridized carbons (Fsp3) is 0.589. The number of carbonyl (C=O) groups is 2. The number of phosphoric acid groups is 1. The van der Waals surface area contributed by atoms with Gasteiger partial charge in [0.05, 0.1) is 13.2 Å². The van der Waals surface area contributed by atoms with Crippen LogP contribution >= 0.6 is 7.82 Å². The highest BCUT2D eigenvalue weighted by atomic mass is 31.2. The van der Waals surface area contributed by atoms with Gasteiger partial charge in [-0.1, -0.05) is 274 Å². The van der Waals surface area contributed by atoms with Gasteiger partial charge in [-0.15, -0.1) is 0 Å². The number of hydrogen-bond donors (Lipinski definition) is 2. The Bertz CT molecular complexity index is 1960. The van der Waals surface area contributed by atoms with Crippen LogP contribution in [0, 0.1) is 0 Å². The van der Waals surface area contributed by atoms with E-state index in [0.717, 1.165) is 128 Å². The van der Waals surface area contributed by atoms with Gasteiger partial charge in [0.2, 0.25) is 0 Å². The van der Waals surface area contributed by atoms with E-state index in [-0.39, 0.29) is 32.6 Å². The Morgan fingerprint density at radius 2 is 0.627 bits per heavy atom. The molecule has 0 aliphatic carbocycles. The van der Waals surface area contributed by atoms with Crippen LogP contribution in [0.15, 0.2) is 170 Å². The minimum atomic E-state index is -4.42. The molecule has 0 rings (SSSR count). The largest absolute Gasteiger partial charge is 0.472 e. The molecule has 0 aromatic heterocycles. The van der Waals surface area contributed by atoms with Gasteiger partial charge < -0.3 is 20.1 Å². The van der Waals surface area contributed by atoms with Crippen molar-refractivity contribution in [1.29, 1.82) is 0 Å². The molecule has 0 aromatic carbocycles. The average Bonchev–Trinajstić information content (AvgIpc) is 3.48. The van der Waals surface area contributed by atoms with Gasteiger partial charge in [-0.3, -0.25) is 18.6 Å². The summed E-state index contributed by atoms with van der Waals surface area (Å²) in [6, 6.07) is 0. The van der Waals surface area contributed by atoms with Crippen molar-refractivity contribution < 1.29 is 37.6 Å². The Hall–Kier alpha value is -4.63. The number of carbonyl (C=O) groups excluding carboxylic acids is 2. The average molecular weight is 1170 g/mol. The Morgan fingerprint density at radius 1 is 0.361 bits per heavy atom. The lowest BCUT2D eigenvalue weighted by Crippen LogP contribution is -2.29. The van der Waals surface area contributed by atoms with Gasteiger partial charge in [0.25, 0.3) is 0 Å². The second-order valence-electron chi connectivity index (χ2n) is 20.9. The summed E-state index contributed by atoms with van der Waals surface area (Å²) in [6.45, 7) is 3.45. The van der Waals surface area contributed by atoms with E-state index in [9.17, 15) is 19.0 Å². The van der Waals surface area contributed by atoms with Crippen LogP contribution in [0.1, 0.15) is 245 Å². The van der Waals surface area contributed by atoms with Gasteiger partial charge in [-0.2, -0.15) is 0 Å². The van der Waals surface area contributed by atoms with E-state index in [1.165, 1.54) is 83.5 Å². The summed E-state index contributed by atoms with van der Waals surface area (Å²) >= 11 is 0. The molecule has 0 saturated heterocycles. The zero-order valence-corrected chi connectivity index (χ0v) is 53.3. The highest BCUT2D eigenvalue weighted by molar-refractivity contribution is 7.47. The van der Waals surface area contributed by atoms with Crippen molar-refractivity contribution >= 4 is 19.8 Å². The highest BCUT2D eigenvalue weighted by Crippen LogP contribution is 2.43. The monoisotopic (exact) mass is 1170 g/mol. The number of allylic oxidation sites excluding steroid dienone is 28. The van der Waals surface area contributed by atoms with Crippen LogP contribution in [0.5, 0.6) is 0 Å². The maximum Gasteiger partial charge on any atom is 0.472 e. The maximum absolute atomic E-state index is 12.7. The van der Waals surface area contributed by atoms with Crippen LogP contribution in [0.2, 0.25) is 0 Å². The van der Waals surface area contributed by atoms with Gasteiger partial charge in [-0.05, 0) is 128 Å².